The smallest absolute Gasteiger partial charge is 0.240 e. The lowest BCUT2D eigenvalue weighted by atomic mass is 10.1. The van der Waals surface area contributed by atoms with Crippen molar-refractivity contribution in [2.24, 2.45) is 0 Å². The number of nitrogens with one attached hydrogen (secondary N) is 1. The molecule has 2 heterocycles. The lowest BCUT2D eigenvalue weighted by molar-refractivity contribution is 0.164. The van der Waals surface area contributed by atoms with Crippen LogP contribution in [0.3, 0.4) is 0 Å². The van der Waals surface area contributed by atoms with Gasteiger partial charge in [0.05, 0.1) is 10.9 Å². The molecule has 0 unspecified atom stereocenters. The van der Waals surface area contributed by atoms with Crippen molar-refractivity contribution >= 4 is 27.0 Å². The zero-order chi connectivity index (χ0) is 22.7. The van der Waals surface area contributed by atoms with Gasteiger partial charge in [-0.3, -0.25) is 4.90 Å². The maximum absolute atomic E-state index is 13.3. The molecule has 1 aliphatic rings. The molecule has 0 radical (unpaired) electrons. The van der Waals surface area contributed by atoms with Crippen LogP contribution in [0, 0.1) is 12.7 Å². The van der Waals surface area contributed by atoms with Crippen LogP contribution in [0.2, 0.25) is 0 Å². The first-order valence-corrected chi connectivity index (χ1v) is 13.1. The van der Waals surface area contributed by atoms with Crippen LogP contribution in [-0.4, -0.2) is 45.5 Å². The molecule has 1 fully saturated rings. The number of thiophene rings is 1. The first-order valence-electron chi connectivity index (χ1n) is 10.7. The Balaban J connectivity index is 1.49. The predicted molar refractivity (Wildman–Crippen MR) is 128 cm³/mol. The number of sulfonamides is 1. The zero-order valence-electron chi connectivity index (χ0n) is 18.2. The summed E-state index contributed by atoms with van der Waals surface area (Å²) in [5, 5.41) is 2.03. The molecule has 4 rings (SSSR count). The normalized spacial score (nSPS) is 17.3. The fraction of sp³-hybridized carbons (Fsp3) is 0.333. The van der Waals surface area contributed by atoms with Crippen LogP contribution >= 0.6 is 11.3 Å². The molecule has 1 aliphatic heterocycles. The van der Waals surface area contributed by atoms with Crippen LogP contribution in [0.25, 0.3) is 0 Å². The van der Waals surface area contributed by atoms with Crippen LogP contribution < -0.4 is 9.62 Å². The molecule has 0 amide bonds. The molecule has 32 heavy (non-hydrogen) atoms. The van der Waals surface area contributed by atoms with E-state index in [9.17, 15) is 12.8 Å². The Bertz CT molecular complexity index is 1110. The molecular formula is C24H28FN3O2S2. The second-order valence-electron chi connectivity index (χ2n) is 8.18. The highest BCUT2D eigenvalue weighted by Crippen LogP contribution is 2.31. The fourth-order valence-electron chi connectivity index (χ4n) is 4.21. The van der Waals surface area contributed by atoms with E-state index in [0.29, 0.717) is 0 Å². The summed E-state index contributed by atoms with van der Waals surface area (Å²) in [5.41, 5.74) is 2.03. The summed E-state index contributed by atoms with van der Waals surface area (Å²) >= 11 is 1.64. The lowest BCUT2D eigenvalue weighted by Gasteiger charge is -2.42. The Morgan fingerprint density at radius 1 is 0.969 bits per heavy atom. The van der Waals surface area contributed by atoms with E-state index in [2.05, 4.69) is 20.6 Å². The molecular weight excluding hydrogens is 445 g/mol. The molecule has 0 saturated carbocycles. The van der Waals surface area contributed by atoms with Gasteiger partial charge < -0.3 is 4.90 Å². The third-order valence-electron chi connectivity index (χ3n) is 5.88. The maximum atomic E-state index is 13.3. The van der Waals surface area contributed by atoms with Gasteiger partial charge in [0.2, 0.25) is 10.0 Å². The van der Waals surface area contributed by atoms with E-state index in [0.717, 1.165) is 42.3 Å². The third kappa shape index (κ3) is 5.20. The first-order chi connectivity index (χ1) is 15.3. The molecule has 170 valence electrons. The number of hydrogen-bond donors (Lipinski definition) is 1. The Morgan fingerprint density at radius 3 is 2.22 bits per heavy atom. The molecule has 0 aliphatic carbocycles. The zero-order valence-corrected chi connectivity index (χ0v) is 19.9. The summed E-state index contributed by atoms with van der Waals surface area (Å²) in [4.78, 5) is 6.00. The Labute approximate surface area is 193 Å². The van der Waals surface area contributed by atoms with Gasteiger partial charge in [0.15, 0.2) is 0 Å². The van der Waals surface area contributed by atoms with E-state index in [4.69, 9.17) is 0 Å². The van der Waals surface area contributed by atoms with Crippen molar-refractivity contribution in [1.29, 1.82) is 0 Å². The number of piperazine rings is 1. The summed E-state index contributed by atoms with van der Waals surface area (Å²) < 4.78 is 42.2. The molecule has 2 aromatic carbocycles. The van der Waals surface area contributed by atoms with Crippen LogP contribution in [0.15, 0.2) is 70.9 Å². The van der Waals surface area contributed by atoms with Gasteiger partial charge in [-0.2, -0.15) is 0 Å². The Morgan fingerprint density at radius 2 is 1.62 bits per heavy atom. The summed E-state index contributed by atoms with van der Waals surface area (Å²) in [6.45, 7) is 7.04. The quantitative estimate of drug-likeness (QED) is 0.552. The highest BCUT2D eigenvalue weighted by atomic mass is 32.2. The summed E-state index contributed by atoms with van der Waals surface area (Å²) in [7, 11) is -3.63. The number of hydrogen-bond acceptors (Lipinski definition) is 5. The molecule has 0 bridgehead atoms. The van der Waals surface area contributed by atoms with Gasteiger partial charge in [0, 0.05) is 42.8 Å². The molecule has 1 saturated heterocycles. The highest BCUT2D eigenvalue weighted by Gasteiger charge is 2.32. The number of aryl methyl sites for hydroxylation is 1. The minimum Gasteiger partial charge on any atom is -0.369 e. The fourth-order valence-corrected chi connectivity index (χ4v) is 6.42. The number of halogens is 1. The van der Waals surface area contributed by atoms with Crippen LogP contribution in [0.4, 0.5) is 10.1 Å². The van der Waals surface area contributed by atoms with Crippen molar-refractivity contribution in [1.82, 2.24) is 9.62 Å². The van der Waals surface area contributed by atoms with Gasteiger partial charge in [-0.15, -0.1) is 11.3 Å². The second-order valence-corrected chi connectivity index (χ2v) is 10.9. The SMILES string of the molecule is Cc1ccc(S(=O)(=O)N[C@H](C)[C@@H](c2cccs2)N2CCN(c3ccc(F)cc3)CC2)cc1. The van der Waals surface area contributed by atoms with Crippen LogP contribution in [-0.2, 0) is 10.0 Å². The molecule has 3 aromatic rings. The van der Waals surface area contributed by atoms with Gasteiger partial charge in [-0.1, -0.05) is 23.8 Å². The summed E-state index contributed by atoms with van der Waals surface area (Å²) in [5.74, 6) is -0.236. The average molecular weight is 474 g/mol. The average Bonchev–Trinajstić information content (AvgIpc) is 3.29. The van der Waals surface area contributed by atoms with E-state index in [-0.39, 0.29) is 22.8 Å². The minimum atomic E-state index is -3.63. The monoisotopic (exact) mass is 473 g/mol. The molecule has 2 atom stereocenters. The number of anilines is 1. The summed E-state index contributed by atoms with van der Waals surface area (Å²) in [6.07, 6.45) is 0. The van der Waals surface area contributed by atoms with Crippen molar-refractivity contribution in [2.75, 3.05) is 31.1 Å². The largest absolute Gasteiger partial charge is 0.369 e. The van der Waals surface area contributed by atoms with Crippen molar-refractivity contribution in [3.63, 3.8) is 0 Å². The maximum Gasteiger partial charge on any atom is 0.240 e. The summed E-state index contributed by atoms with van der Waals surface area (Å²) in [6, 6.07) is 17.2. The Hall–Kier alpha value is -2.26. The lowest BCUT2D eigenvalue weighted by Crippen LogP contribution is -2.52. The first kappa shape index (κ1) is 22.9. The topological polar surface area (TPSA) is 52.7 Å². The van der Waals surface area contributed by atoms with Gasteiger partial charge in [0.1, 0.15) is 5.82 Å². The highest BCUT2D eigenvalue weighted by molar-refractivity contribution is 7.89. The number of benzene rings is 2. The number of rotatable bonds is 7. The van der Waals surface area contributed by atoms with E-state index in [1.807, 2.05) is 37.4 Å². The second kappa shape index (κ2) is 9.70. The van der Waals surface area contributed by atoms with E-state index < -0.39 is 10.0 Å². The van der Waals surface area contributed by atoms with Gasteiger partial charge in [-0.25, -0.2) is 17.5 Å². The minimum absolute atomic E-state index is 0.0643. The standard InChI is InChI=1S/C24H28FN3O2S2/c1-18-5-11-22(12-6-18)32(29,30)26-19(2)24(23-4-3-17-31-23)28-15-13-27(14-16-28)21-9-7-20(25)8-10-21/h3-12,17,19,24,26H,13-16H2,1-2H3/t19-,24+/m1/s1. The molecule has 5 nitrogen and oxygen atoms in total. The van der Waals surface area contributed by atoms with E-state index in [1.165, 1.54) is 12.1 Å². The molecule has 1 N–H and O–H groups in total. The van der Waals surface area contributed by atoms with Crippen molar-refractivity contribution in [3.05, 3.63) is 82.3 Å². The van der Waals surface area contributed by atoms with Crippen molar-refractivity contribution in [2.45, 2.75) is 30.8 Å². The third-order valence-corrected chi connectivity index (χ3v) is 8.40. The van der Waals surface area contributed by atoms with Crippen molar-refractivity contribution < 1.29 is 12.8 Å². The van der Waals surface area contributed by atoms with Gasteiger partial charge >= 0.3 is 0 Å². The predicted octanol–water partition coefficient (Wildman–Crippen LogP) is 4.43. The van der Waals surface area contributed by atoms with Crippen LogP contribution in [0.1, 0.15) is 23.4 Å². The van der Waals surface area contributed by atoms with Crippen LogP contribution in [0.5, 0.6) is 0 Å². The molecule has 0 spiro atoms. The van der Waals surface area contributed by atoms with Crippen molar-refractivity contribution in [3.8, 4) is 0 Å². The number of nitrogens with zero attached hydrogens (tertiary/aromatic N) is 2. The van der Waals surface area contributed by atoms with E-state index >= 15 is 0 Å². The Kier molecular flexibility index (Phi) is 6.95. The molecule has 8 heteroatoms. The van der Waals surface area contributed by atoms with Gasteiger partial charge in [-0.05, 0) is 61.7 Å². The van der Waals surface area contributed by atoms with E-state index in [1.54, 1.807) is 35.6 Å². The molecule has 1 aromatic heterocycles. The van der Waals surface area contributed by atoms with Gasteiger partial charge in [0.25, 0.3) is 0 Å².